The quantitative estimate of drug-likeness (QED) is 0.844. The molecule has 0 unspecified atom stereocenters. The Kier molecular flexibility index (Phi) is 5.12. The second-order valence-corrected chi connectivity index (χ2v) is 4.94. The van der Waals surface area contributed by atoms with Crippen molar-refractivity contribution in [3.8, 4) is 11.4 Å². The van der Waals surface area contributed by atoms with Gasteiger partial charge in [0.15, 0.2) is 0 Å². The van der Waals surface area contributed by atoms with Gasteiger partial charge in [-0.1, -0.05) is 29.8 Å². The smallest absolute Gasteiger partial charge is 0.373 e. The predicted octanol–water partition coefficient (Wildman–Crippen LogP) is 3.18. The average molecular weight is 356 g/mol. The molecule has 5 nitrogen and oxygen atoms in total. The number of hydrogen-bond acceptors (Lipinski definition) is 4. The SMILES string of the molecule is O=C=O.[2H]C([2H])([2H])Oc1cc(Br)ccc1-n1cc(CC)nc1CC. The van der Waals surface area contributed by atoms with Gasteiger partial charge in [0.2, 0.25) is 0 Å². The molecule has 0 amide bonds. The summed E-state index contributed by atoms with van der Waals surface area (Å²) >= 11 is 3.34. The number of imidazole rings is 1. The zero-order chi connectivity index (χ0) is 18.3. The predicted molar refractivity (Wildman–Crippen MR) is 81.6 cm³/mol. The van der Waals surface area contributed by atoms with E-state index in [1.54, 1.807) is 6.07 Å². The van der Waals surface area contributed by atoms with Gasteiger partial charge in [-0.15, -0.1) is 0 Å². The fourth-order valence-corrected chi connectivity index (χ4v) is 2.21. The van der Waals surface area contributed by atoms with Crippen molar-refractivity contribution < 1.29 is 18.4 Å². The summed E-state index contributed by atoms with van der Waals surface area (Å²) in [5.74, 6) is 1.18. The van der Waals surface area contributed by atoms with Gasteiger partial charge < -0.3 is 4.74 Å². The maximum Gasteiger partial charge on any atom is 0.373 e. The number of aromatic nitrogens is 2. The lowest BCUT2D eigenvalue weighted by Gasteiger charge is -2.11. The van der Waals surface area contributed by atoms with Crippen LogP contribution >= 0.6 is 15.9 Å². The van der Waals surface area contributed by atoms with E-state index < -0.39 is 7.04 Å². The molecule has 0 aliphatic carbocycles. The van der Waals surface area contributed by atoms with Crippen LogP contribution in [0.3, 0.4) is 0 Å². The number of nitrogens with zero attached hydrogens (tertiary/aromatic N) is 2. The van der Waals surface area contributed by atoms with E-state index >= 15 is 0 Å². The van der Waals surface area contributed by atoms with Crippen molar-refractivity contribution in [1.82, 2.24) is 9.55 Å². The lowest BCUT2D eigenvalue weighted by Crippen LogP contribution is -2.01. The minimum atomic E-state index is -2.49. The van der Waals surface area contributed by atoms with Crippen LogP contribution in [0.15, 0.2) is 28.9 Å². The van der Waals surface area contributed by atoms with E-state index in [1.165, 1.54) is 0 Å². The van der Waals surface area contributed by atoms with Gasteiger partial charge in [-0.25, -0.2) is 4.98 Å². The summed E-state index contributed by atoms with van der Waals surface area (Å²) in [6, 6.07) is 5.34. The Hall–Kier alpha value is -1.91. The molecular formula is C15H17BrN2O3. The number of methoxy groups -OCH3 is 1. The summed E-state index contributed by atoms with van der Waals surface area (Å²) in [5, 5.41) is 0. The summed E-state index contributed by atoms with van der Waals surface area (Å²) in [5.41, 5.74) is 1.65. The lowest BCUT2D eigenvalue weighted by atomic mass is 10.2. The van der Waals surface area contributed by atoms with E-state index in [4.69, 9.17) is 18.4 Å². The minimum absolute atomic E-state index is 0.250. The number of hydrogen-bond donors (Lipinski definition) is 0. The van der Waals surface area contributed by atoms with E-state index in [0.717, 1.165) is 28.8 Å². The minimum Gasteiger partial charge on any atom is -0.495 e. The molecule has 0 saturated carbocycles. The first-order chi connectivity index (χ1) is 11.3. The molecule has 112 valence electrons. The third-order valence-corrected chi connectivity index (χ3v) is 3.29. The van der Waals surface area contributed by atoms with Gasteiger partial charge in [-0.05, 0) is 24.6 Å². The van der Waals surface area contributed by atoms with E-state index in [2.05, 4.69) is 20.9 Å². The molecule has 1 aromatic heterocycles. The average Bonchev–Trinajstić information content (AvgIpc) is 2.90. The van der Waals surface area contributed by atoms with E-state index in [1.807, 2.05) is 36.7 Å². The van der Waals surface area contributed by atoms with Crippen LogP contribution in [-0.2, 0) is 22.4 Å². The molecule has 0 saturated heterocycles. The number of halogens is 1. The number of benzene rings is 1. The molecule has 0 aliphatic rings. The topological polar surface area (TPSA) is 61.2 Å². The van der Waals surface area contributed by atoms with Crippen molar-refractivity contribution in [1.29, 1.82) is 0 Å². The first kappa shape index (κ1) is 12.8. The Bertz CT molecular complexity index is 723. The second-order valence-electron chi connectivity index (χ2n) is 4.02. The van der Waals surface area contributed by atoms with Crippen LogP contribution in [0.25, 0.3) is 5.69 Å². The molecule has 21 heavy (non-hydrogen) atoms. The summed E-state index contributed by atoms with van der Waals surface area (Å²) in [6.45, 7) is 4.05. The van der Waals surface area contributed by atoms with Crippen LogP contribution in [0, 0.1) is 0 Å². The third kappa shape index (κ3) is 4.28. The molecule has 2 aromatic rings. The molecule has 1 aromatic carbocycles. The van der Waals surface area contributed by atoms with E-state index in [-0.39, 0.29) is 6.15 Å². The van der Waals surface area contributed by atoms with Crippen molar-refractivity contribution in [3.63, 3.8) is 0 Å². The van der Waals surface area contributed by atoms with Crippen molar-refractivity contribution in [2.45, 2.75) is 26.7 Å². The van der Waals surface area contributed by atoms with Gasteiger partial charge >= 0.3 is 6.15 Å². The van der Waals surface area contributed by atoms with Crippen molar-refractivity contribution in [2.75, 3.05) is 7.04 Å². The summed E-state index contributed by atoms with van der Waals surface area (Å²) in [4.78, 5) is 20.8. The molecule has 0 spiro atoms. The van der Waals surface area contributed by atoms with Gasteiger partial charge in [0.1, 0.15) is 11.6 Å². The number of rotatable bonds is 4. The highest BCUT2D eigenvalue weighted by Crippen LogP contribution is 2.28. The zero-order valence-electron chi connectivity index (χ0n) is 14.7. The van der Waals surface area contributed by atoms with Crippen molar-refractivity contribution in [3.05, 3.63) is 40.4 Å². The Balaban J connectivity index is 0.000000891. The fourth-order valence-electron chi connectivity index (χ4n) is 1.87. The second kappa shape index (κ2) is 8.39. The molecule has 2 rings (SSSR count). The summed E-state index contributed by atoms with van der Waals surface area (Å²) in [6.07, 6.45) is 3.75. The first-order valence-corrected chi connectivity index (χ1v) is 7.10. The third-order valence-electron chi connectivity index (χ3n) is 2.80. The van der Waals surface area contributed by atoms with E-state index in [0.29, 0.717) is 11.4 Å². The van der Waals surface area contributed by atoms with Crippen LogP contribution < -0.4 is 4.74 Å². The zero-order valence-corrected chi connectivity index (χ0v) is 13.3. The molecule has 0 fully saturated rings. The standard InChI is InChI=1S/C14H17BrN2O.CO2/c1-4-11-9-17(14(5-2)16-11)12-7-6-10(15)8-13(12)18-3;2-1-3/h6-9H,4-5H2,1-3H3;/i3D3;. The van der Waals surface area contributed by atoms with Crippen LogP contribution in [0.1, 0.15) is 29.5 Å². The van der Waals surface area contributed by atoms with Gasteiger partial charge in [0, 0.05) is 17.1 Å². The maximum absolute atomic E-state index is 8.12. The van der Waals surface area contributed by atoms with Crippen LogP contribution in [-0.4, -0.2) is 22.7 Å². The highest BCUT2D eigenvalue weighted by atomic mass is 79.9. The van der Waals surface area contributed by atoms with Gasteiger partial charge in [0.25, 0.3) is 0 Å². The van der Waals surface area contributed by atoms with Crippen LogP contribution in [0.4, 0.5) is 0 Å². The van der Waals surface area contributed by atoms with Crippen LogP contribution in [0.2, 0.25) is 0 Å². The number of aryl methyl sites for hydroxylation is 2. The molecule has 0 atom stereocenters. The van der Waals surface area contributed by atoms with Crippen LogP contribution in [0.5, 0.6) is 5.75 Å². The Morgan fingerprint density at radius 3 is 2.67 bits per heavy atom. The molecule has 0 N–H and O–H groups in total. The fraction of sp³-hybridized carbons (Fsp3) is 0.333. The molecule has 1 heterocycles. The normalized spacial score (nSPS) is 12.2. The first-order valence-electron chi connectivity index (χ1n) is 7.81. The Morgan fingerprint density at radius 1 is 1.38 bits per heavy atom. The molecular weight excluding hydrogens is 336 g/mol. The summed E-state index contributed by atoms with van der Waals surface area (Å²) in [7, 11) is -2.49. The molecule has 0 radical (unpaired) electrons. The molecule has 0 aliphatic heterocycles. The lowest BCUT2D eigenvalue weighted by molar-refractivity contribution is -0.191. The van der Waals surface area contributed by atoms with Gasteiger partial charge in [-0.3, -0.25) is 4.57 Å². The Morgan fingerprint density at radius 2 is 2.10 bits per heavy atom. The molecule has 0 bridgehead atoms. The monoisotopic (exact) mass is 355 g/mol. The van der Waals surface area contributed by atoms with Gasteiger partial charge in [0.05, 0.1) is 22.5 Å². The van der Waals surface area contributed by atoms with Gasteiger partial charge in [-0.2, -0.15) is 9.59 Å². The maximum atomic E-state index is 8.12. The highest BCUT2D eigenvalue weighted by molar-refractivity contribution is 9.10. The van der Waals surface area contributed by atoms with Crippen molar-refractivity contribution >= 4 is 22.1 Å². The highest BCUT2D eigenvalue weighted by Gasteiger charge is 2.11. The number of carbonyl (C=O) groups excluding carboxylic acids is 2. The summed E-state index contributed by atoms with van der Waals surface area (Å²) < 4.78 is 29.7. The van der Waals surface area contributed by atoms with E-state index in [9.17, 15) is 0 Å². The number of ether oxygens (including phenoxy) is 1. The molecule has 6 heteroatoms. The largest absolute Gasteiger partial charge is 0.495 e. The Labute approximate surface area is 136 Å². The van der Waals surface area contributed by atoms with Crippen molar-refractivity contribution in [2.24, 2.45) is 0 Å².